The van der Waals surface area contributed by atoms with E-state index in [1.807, 2.05) is 14.0 Å². The number of nitrogens with zero attached hydrogens (tertiary/aromatic N) is 5. The number of hydrogen-bond donors (Lipinski definition) is 1. The Morgan fingerprint density at radius 3 is 3.09 bits per heavy atom. The fourth-order valence-electron chi connectivity index (χ4n) is 2.96. The highest BCUT2D eigenvalue weighted by atomic mass is 16.5. The summed E-state index contributed by atoms with van der Waals surface area (Å²) in [7, 11) is 1.82. The van der Waals surface area contributed by atoms with E-state index < -0.39 is 0 Å². The lowest BCUT2D eigenvalue weighted by Crippen LogP contribution is -2.40. The Hall–Kier alpha value is -2.22. The summed E-state index contributed by atoms with van der Waals surface area (Å²) in [5.41, 5.74) is 0.582. The van der Waals surface area contributed by atoms with E-state index in [0.717, 1.165) is 25.9 Å². The number of likely N-dealkylation sites (tertiary alicyclic amines) is 1. The number of aryl methyl sites for hydroxylation is 2. The van der Waals surface area contributed by atoms with E-state index in [9.17, 15) is 4.79 Å². The molecule has 0 saturated carbocycles. The first-order valence-corrected chi connectivity index (χ1v) is 7.88. The quantitative estimate of drug-likeness (QED) is 0.875. The molecule has 0 radical (unpaired) electrons. The molecule has 1 atom stereocenters. The molecule has 1 saturated heterocycles. The van der Waals surface area contributed by atoms with Crippen molar-refractivity contribution in [2.24, 2.45) is 13.0 Å². The molecule has 23 heavy (non-hydrogen) atoms. The number of rotatable bonds is 5. The third-order valence-corrected chi connectivity index (χ3v) is 4.13. The van der Waals surface area contributed by atoms with Crippen LogP contribution in [0.3, 0.4) is 0 Å². The highest BCUT2D eigenvalue weighted by Crippen LogP contribution is 2.17. The molecule has 1 aliphatic heterocycles. The Morgan fingerprint density at radius 1 is 1.52 bits per heavy atom. The zero-order valence-corrected chi connectivity index (χ0v) is 13.5. The van der Waals surface area contributed by atoms with Crippen LogP contribution >= 0.6 is 0 Å². The molecule has 1 N–H and O–H groups in total. The van der Waals surface area contributed by atoms with Gasteiger partial charge in [0.2, 0.25) is 5.89 Å². The number of aromatic nitrogens is 4. The Labute approximate surface area is 134 Å². The minimum Gasteiger partial charge on any atom is -0.350 e. The van der Waals surface area contributed by atoms with Crippen LogP contribution < -0.4 is 5.32 Å². The Balaban J connectivity index is 1.49. The van der Waals surface area contributed by atoms with Crippen molar-refractivity contribution in [1.82, 2.24) is 29.9 Å². The van der Waals surface area contributed by atoms with Gasteiger partial charge in [0.25, 0.3) is 5.91 Å². The molecule has 1 amide bonds. The molecule has 0 bridgehead atoms. The van der Waals surface area contributed by atoms with Crippen LogP contribution in [0.2, 0.25) is 0 Å². The molecule has 3 heterocycles. The maximum absolute atomic E-state index is 12.1. The second-order valence-corrected chi connectivity index (χ2v) is 6.08. The van der Waals surface area contributed by atoms with Gasteiger partial charge in [-0.25, -0.2) is 4.98 Å². The summed E-state index contributed by atoms with van der Waals surface area (Å²) in [6.07, 6.45) is 5.44. The van der Waals surface area contributed by atoms with Crippen molar-refractivity contribution in [2.75, 3.05) is 19.6 Å². The topological polar surface area (TPSA) is 89.1 Å². The van der Waals surface area contributed by atoms with Gasteiger partial charge in [0.05, 0.1) is 19.1 Å². The van der Waals surface area contributed by atoms with E-state index in [1.165, 1.54) is 0 Å². The molecule has 1 aliphatic rings. The van der Waals surface area contributed by atoms with Crippen LogP contribution in [0.5, 0.6) is 0 Å². The number of carbonyl (C=O) groups excluding carboxylic acids is 1. The summed E-state index contributed by atoms with van der Waals surface area (Å²) < 4.78 is 6.90. The minimum atomic E-state index is -0.0744. The van der Waals surface area contributed by atoms with Gasteiger partial charge in [-0.3, -0.25) is 9.69 Å². The Bertz CT molecular complexity index is 664. The first-order valence-electron chi connectivity index (χ1n) is 7.88. The van der Waals surface area contributed by atoms with Gasteiger partial charge in [0.15, 0.2) is 5.82 Å². The molecule has 1 unspecified atom stereocenters. The van der Waals surface area contributed by atoms with Crippen LogP contribution in [0.4, 0.5) is 0 Å². The SMILES string of the molecule is Cc1noc(CN2CCCC(CNC(=O)c3cncn3C)C2)n1. The number of hydrogen-bond acceptors (Lipinski definition) is 6. The summed E-state index contributed by atoms with van der Waals surface area (Å²) in [4.78, 5) is 22.6. The number of carbonyl (C=O) groups is 1. The van der Waals surface area contributed by atoms with Gasteiger partial charge >= 0.3 is 0 Å². The van der Waals surface area contributed by atoms with Gasteiger partial charge < -0.3 is 14.4 Å². The average molecular weight is 318 g/mol. The van der Waals surface area contributed by atoms with Gasteiger partial charge in [-0.1, -0.05) is 5.16 Å². The molecule has 8 heteroatoms. The maximum atomic E-state index is 12.1. The van der Waals surface area contributed by atoms with E-state index in [0.29, 0.717) is 36.4 Å². The Kier molecular flexibility index (Phi) is 4.71. The van der Waals surface area contributed by atoms with E-state index >= 15 is 0 Å². The van der Waals surface area contributed by atoms with Crippen molar-refractivity contribution in [3.63, 3.8) is 0 Å². The first-order chi connectivity index (χ1) is 11.1. The van der Waals surface area contributed by atoms with Crippen LogP contribution in [-0.2, 0) is 13.6 Å². The molecule has 3 rings (SSSR count). The summed E-state index contributed by atoms with van der Waals surface area (Å²) in [5.74, 6) is 1.68. The summed E-state index contributed by atoms with van der Waals surface area (Å²) >= 11 is 0. The van der Waals surface area contributed by atoms with Gasteiger partial charge in [-0.05, 0) is 32.2 Å². The van der Waals surface area contributed by atoms with Gasteiger partial charge in [-0.2, -0.15) is 4.98 Å². The van der Waals surface area contributed by atoms with Crippen molar-refractivity contribution < 1.29 is 9.32 Å². The first kappa shape index (κ1) is 15.7. The largest absolute Gasteiger partial charge is 0.350 e. The highest BCUT2D eigenvalue weighted by molar-refractivity contribution is 5.92. The van der Waals surface area contributed by atoms with Crippen molar-refractivity contribution in [3.8, 4) is 0 Å². The average Bonchev–Trinajstić information content (AvgIpc) is 3.14. The van der Waals surface area contributed by atoms with Crippen LogP contribution in [0.1, 0.15) is 35.0 Å². The van der Waals surface area contributed by atoms with Crippen LogP contribution in [0, 0.1) is 12.8 Å². The predicted octanol–water partition coefficient (Wildman–Crippen LogP) is 0.754. The third kappa shape index (κ3) is 3.95. The van der Waals surface area contributed by atoms with E-state index in [2.05, 4.69) is 25.3 Å². The normalized spacial score (nSPS) is 19.0. The second-order valence-electron chi connectivity index (χ2n) is 6.08. The van der Waals surface area contributed by atoms with E-state index in [-0.39, 0.29) is 5.91 Å². The lowest BCUT2D eigenvalue weighted by molar-refractivity contribution is 0.0918. The molecule has 0 spiro atoms. The summed E-state index contributed by atoms with van der Waals surface area (Å²) in [5, 5.41) is 6.83. The molecule has 1 fully saturated rings. The minimum absolute atomic E-state index is 0.0744. The summed E-state index contributed by atoms with van der Waals surface area (Å²) in [6, 6.07) is 0. The standard InChI is InChI=1S/C15H22N6O2/c1-11-18-14(23-19-11)9-21-5-3-4-12(8-21)6-17-15(22)13-7-16-10-20(13)2/h7,10,12H,3-6,8-9H2,1-2H3,(H,17,22). The number of amides is 1. The van der Waals surface area contributed by atoms with Crippen molar-refractivity contribution in [1.29, 1.82) is 0 Å². The second kappa shape index (κ2) is 6.91. The lowest BCUT2D eigenvalue weighted by atomic mass is 9.98. The Morgan fingerprint density at radius 2 is 2.39 bits per heavy atom. The maximum Gasteiger partial charge on any atom is 0.269 e. The van der Waals surface area contributed by atoms with Crippen LogP contribution in [-0.4, -0.2) is 50.1 Å². The number of imidazole rings is 1. The van der Waals surface area contributed by atoms with Gasteiger partial charge in [-0.15, -0.1) is 0 Å². The monoisotopic (exact) mass is 318 g/mol. The van der Waals surface area contributed by atoms with Crippen molar-refractivity contribution in [2.45, 2.75) is 26.3 Å². The fourth-order valence-corrected chi connectivity index (χ4v) is 2.96. The molecule has 0 aromatic carbocycles. The third-order valence-electron chi connectivity index (χ3n) is 4.13. The smallest absolute Gasteiger partial charge is 0.269 e. The molecular weight excluding hydrogens is 296 g/mol. The molecule has 124 valence electrons. The zero-order valence-electron chi connectivity index (χ0n) is 13.5. The predicted molar refractivity (Wildman–Crippen MR) is 82.6 cm³/mol. The fraction of sp³-hybridized carbons (Fsp3) is 0.600. The van der Waals surface area contributed by atoms with Crippen molar-refractivity contribution in [3.05, 3.63) is 29.9 Å². The van der Waals surface area contributed by atoms with Crippen LogP contribution in [0.25, 0.3) is 0 Å². The molecular formula is C15H22N6O2. The van der Waals surface area contributed by atoms with E-state index in [1.54, 1.807) is 17.1 Å². The molecule has 0 aliphatic carbocycles. The highest BCUT2D eigenvalue weighted by Gasteiger charge is 2.22. The number of piperidine rings is 1. The van der Waals surface area contributed by atoms with Crippen LogP contribution in [0.15, 0.2) is 17.0 Å². The van der Waals surface area contributed by atoms with Gasteiger partial charge in [0.1, 0.15) is 5.69 Å². The van der Waals surface area contributed by atoms with Crippen molar-refractivity contribution >= 4 is 5.91 Å². The summed E-state index contributed by atoms with van der Waals surface area (Å²) in [6.45, 7) is 5.11. The molecule has 2 aromatic rings. The van der Waals surface area contributed by atoms with Gasteiger partial charge in [0, 0.05) is 20.1 Å². The lowest BCUT2D eigenvalue weighted by Gasteiger charge is -2.31. The molecule has 8 nitrogen and oxygen atoms in total. The zero-order chi connectivity index (χ0) is 16.2. The molecule has 2 aromatic heterocycles. The number of nitrogens with one attached hydrogen (secondary N) is 1. The van der Waals surface area contributed by atoms with E-state index in [4.69, 9.17) is 4.52 Å².